The zero-order chi connectivity index (χ0) is 12.7. The Morgan fingerprint density at radius 1 is 0.765 bits per heavy atom. The summed E-state index contributed by atoms with van der Waals surface area (Å²) in [5.41, 5.74) is 14.8. The van der Waals surface area contributed by atoms with Gasteiger partial charge in [-0.2, -0.15) is 0 Å². The Morgan fingerprint density at radius 2 is 1.18 bits per heavy atom. The second kappa shape index (κ2) is 6.43. The molecule has 0 spiro atoms. The van der Waals surface area contributed by atoms with Gasteiger partial charge in [0.2, 0.25) is 0 Å². The molecule has 0 aliphatic rings. The van der Waals surface area contributed by atoms with Crippen molar-refractivity contribution in [2.45, 2.75) is 6.92 Å². The molecule has 0 saturated heterocycles. The SMILES string of the molecule is CNc1ccc(N)cc1.Cc1ccc(N)cc1. The topological polar surface area (TPSA) is 64.1 Å². The van der Waals surface area contributed by atoms with E-state index in [-0.39, 0.29) is 0 Å². The molecule has 0 bridgehead atoms. The van der Waals surface area contributed by atoms with E-state index in [0.717, 1.165) is 17.1 Å². The molecule has 2 aromatic carbocycles. The maximum absolute atomic E-state index is 5.45. The smallest absolute Gasteiger partial charge is 0.0339 e. The third-order valence-electron chi connectivity index (χ3n) is 2.28. The number of nitrogen functional groups attached to an aromatic ring is 2. The molecule has 17 heavy (non-hydrogen) atoms. The standard InChI is InChI=1S/C7H10N2.C7H9N/c1-9-7-4-2-6(8)3-5-7;1-6-2-4-7(8)5-3-6/h2-5,9H,8H2,1H3;2-5H,8H2,1H3. The van der Waals surface area contributed by atoms with Gasteiger partial charge in [-0.05, 0) is 43.3 Å². The minimum atomic E-state index is 0.800. The number of hydrogen-bond acceptors (Lipinski definition) is 3. The number of hydrogen-bond donors (Lipinski definition) is 3. The summed E-state index contributed by atoms with van der Waals surface area (Å²) in [6.07, 6.45) is 0. The molecular formula is C14H19N3. The molecule has 0 fully saturated rings. The zero-order valence-electron chi connectivity index (χ0n) is 10.3. The van der Waals surface area contributed by atoms with E-state index < -0.39 is 0 Å². The van der Waals surface area contributed by atoms with Crippen molar-refractivity contribution < 1.29 is 0 Å². The molecule has 0 radical (unpaired) electrons. The average Bonchev–Trinajstić information content (AvgIpc) is 2.35. The predicted molar refractivity (Wildman–Crippen MR) is 76.0 cm³/mol. The molecular weight excluding hydrogens is 210 g/mol. The van der Waals surface area contributed by atoms with Crippen molar-refractivity contribution in [1.82, 2.24) is 0 Å². The van der Waals surface area contributed by atoms with E-state index in [1.807, 2.05) is 62.5 Å². The van der Waals surface area contributed by atoms with Crippen LogP contribution >= 0.6 is 0 Å². The van der Waals surface area contributed by atoms with Crippen molar-refractivity contribution in [1.29, 1.82) is 0 Å². The lowest BCUT2D eigenvalue weighted by Gasteiger charge is -1.97. The summed E-state index contributed by atoms with van der Waals surface area (Å²) in [5, 5.41) is 3.00. The summed E-state index contributed by atoms with van der Waals surface area (Å²) in [6.45, 7) is 2.04. The minimum Gasteiger partial charge on any atom is -0.399 e. The van der Waals surface area contributed by atoms with Gasteiger partial charge >= 0.3 is 0 Å². The van der Waals surface area contributed by atoms with Gasteiger partial charge in [0.1, 0.15) is 0 Å². The lowest BCUT2D eigenvalue weighted by molar-refractivity contribution is 1.47. The summed E-state index contributed by atoms with van der Waals surface area (Å²) in [6, 6.07) is 15.4. The average molecular weight is 229 g/mol. The van der Waals surface area contributed by atoms with Crippen LogP contribution in [0.1, 0.15) is 5.56 Å². The molecule has 90 valence electrons. The van der Waals surface area contributed by atoms with Crippen LogP contribution < -0.4 is 16.8 Å². The monoisotopic (exact) mass is 229 g/mol. The normalized spacial score (nSPS) is 9.06. The van der Waals surface area contributed by atoms with Crippen LogP contribution in [-0.4, -0.2) is 7.05 Å². The Labute approximate surface area is 102 Å². The van der Waals surface area contributed by atoms with Crippen LogP contribution in [0.4, 0.5) is 17.1 Å². The Morgan fingerprint density at radius 3 is 1.53 bits per heavy atom. The van der Waals surface area contributed by atoms with Crippen LogP contribution in [0.3, 0.4) is 0 Å². The number of nitrogens with two attached hydrogens (primary N) is 2. The fourth-order valence-electron chi connectivity index (χ4n) is 1.22. The van der Waals surface area contributed by atoms with Gasteiger partial charge in [-0.1, -0.05) is 17.7 Å². The maximum atomic E-state index is 5.45. The van der Waals surface area contributed by atoms with E-state index in [1.54, 1.807) is 0 Å². The number of nitrogens with one attached hydrogen (secondary N) is 1. The first kappa shape index (κ1) is 12.9. The Balaban J connectivity index is 0.000000171. The van der Waals surface area contributed by atoms with Gasteiger partial charge in [-0.3, -0.25) is 0 Å². The largest absolute Gasteiger partial charge is 0.399 e. The summed E-state index contributed by atoms with van der Waals surface area (Å²) in [5.74, 6) is 0. The van der Waals surface area contributed by atoms with Crippen molar-refractivity contribution >= 4 is 17.1 Å². The third-order valence-corrected chi connectivity index (χ3v) is 2.28. The Kier molecular flexibility index (Phi) is 4.88. The van der Waals surface area contributed by atoms with Crippen molar-refractivity contribution in [3.05, 3.63) is 54.1 Å². The molecule has 2 rings (SSSR count). The quantitative estimate of drug-likeness (QED) is 0.659. The summed E-state index contributed by atoms with van der Waals surface area (Å²) in [7, 11) is 1.88. The lowest BCUT2D eigenvalue weighted by Crippen LogP contribution is -1.88. The molecule has 0 unspecified atom stereocenters. The van der Waals surface area contributed by atoms with Gasteiger partial charge in [0.25, 0.3) is 0 Å². The van der Waals surface area contributed by atoms with Crippen molar-refractivity contribution in [3.63, 3.8) is 0 Å². The van der Waals surface area contributed by atoms with E-state index in [1.165, 1.54) is 5.56 Å². The highest BCUT2D eigenvalue weighted by atomic mass is 14.8. The Hall–Kier alpha value is -2.16. The predicted octanol–water partition coefficient (Wildman–Crippen LogP) is 2.89. The fraction of sp³-hybridized carbons (Fsp3) is 0.143. The zero-order valence-corrected chi connectivity index (χ0v) is 10.3. The molecule has 0 saturated carbocycles. The van der Waals surface area contributed by atoms with Crippen LogP contribution in [-0.2, 0) is 0 Å². The lowest BCUT2D eigenvalue weighted by atomic mass is 10.2. The molecule has 3 nitrogen and oxygen atoms in total. The van der Waals surface area contributed by atoms with Gasteiger partial charge in [0, 0.05) is 24.1 Å². The van der Waals surface area contributed by atoms with Crippen molar-refractivity contribution in [2.24, 2.45) is 0 Å². The van der Waals surface area contributed by atoms with Gasteiger partial charge < -0.3 is 16.8 Å². The van der Waals surface area contributed by atoms with Crippen LogP contribution in [0, 0.1) is 6.92 Å². The van der Waals surface area contributed by atoms with Gasteiger partial charge in [0.15, 0.2) is 0 Å². The molecule has 0 aliphatic heterocycles. The van der Waals surface area contributed by atoms with Crippen LogP contribution in [0.15, 0.2) is 48.5 Å². The van der Waals surface area contributed by atoms with Crippen molar-refractivity contribution in [3.8, 4) is 0 Å². The highest BCUT2D eigenvalue weighted by Crippen LogP contribution is 2.08. The second-order valence-electron chi connectivity index (χ2n) is 3.78. The van der Waals surface area contributed by atoms with Crippen LogP contribution in [0.25, 0.3) is 0 Å². The summed E-state index contributed by atoms with van der Waals surface area (Å²) in [4.78, 5) is 0. The molecule has 0 amide bonds. The fourth-order valence-corrected chi connectivity index (χ4v) is 1.22. The molecule has 0 heterocycles. The highest BCUT2D eigenvalue weighted by Gasteiger charge is 1.84. The third kappa shape index (κ3) is 4.93. The second-order valence-corrected chi connectivity index (χ2v) is 3.78. The van der Waals surface area contributed by atoms with Crippen LogP contribution in [0.5, 0.6) is 0 Å². The number of aryl methyl sites for hydroxylation is 1. The maximum Gasteiger partial charge on any atom is 0.0339 e. The molecule has 5 N–H and O–H groups in total. The van der Waals surface area contributed by atoms with Crippen molar-refractivity contribution in [2.75, 3.05) is 23.8 Å². The van der Waals surface area contributed by atoms with Gasteiger partial charge in [-0.25, -0.2) is 0 Å². The number of benzene rings is 2. The number of anilines is 3. The van der Waals surface area contributed by atoms with E-state index >= 15 is 0 Å². The molecule has 2 aromatic rings. The van der Waals surface area contributed by atoms with Gasteiger partial charge in [0.05, 0.1) is 0 Å². The number of rotatable bonds is 1. The summed E-state index contributed by atoms with van der Waals surface area (Å²) < 4.78 is 0. The van der Waals surface area contributed by atoms with Crippen LogP contribution in [0.2, 0.25) is 0 Å². The Bertz CT molecular complexity index is 411. The van der Waals surface area contributed by atoms with E-state index in [4.69, 9.17) is 11.5 Å². The minimum absolute atomic E-state index is 0.800. The van der Waals surface area contributed by atoms with Gasteiger partial charge in [-0.15, -0.1) is 0 Å². The first-order valence-electron chi connectivity index (χ1n) is 5.47. The molecule has 0 aliphatic carbocycles. The summed E-state index contributed by atoms with van der Waals surface area (Å²) >= 11 is 0. The van der Waals surface area contributed by atoms with E-state index in [2.05, 4.69) is 5.32 Å². The van der Waals surface area contributed by atoms with E-state index in [9.17, 15) is 0 Å². The first-order chi connectivity index (χ1) is 8.11. The molecule has 3 heteroatoms. The highest BCUT2D eigenvalue weighted by molar-refractivity contribution is 5.50. The molecule has 0 atom stereocenters. The van der Waals surface area contributed by atoms with E-state index in [0.29, 0.717) is 0 Å². The first-order valence-corrected chi connectivity index (χ1v) is 5.47. The molecule has 0 aromatic heterocycles.